The molecule has 0 aromatic rings. The van der Waals surface area contributed by atoms with E-state index in [1.165, 1.54) is 167 Å². The Bertz CT molecular complexity index is 1010. The third-order valence-corrected chi connectivity index (χ3v) is 16.5. The summed E-state index contributed by atoms with van der Waals surface area (Å²) in [5, 5.41) is 0. The van der Waals surface area contributed by atoms with E-state index in [2.05, 4.69) is 65.8 Å². The topological polar surface area (TPSA) is 18.5 Å². The van der Waals surface area contributed by atoms with Crippen LogP contribution in [0.2, 0.25) is 0 Å². The predicted molar refractivity (Wildman–Crippen MR) is 234 cm³/mol. The van der Waals surface area contributed by atoms with Gasteiger partial charge in [0, 0.05) is 13.2 Å². The van der Waals surface area contributed by atoms with Crippen molar-refractivity contribution in [1.29, 1.82) is 0 Å². The molecule has 0 N–H and O–H groups in total. The first kappa shape index (κ1) is 44.5. The van der Waals surface area contributed by atoms with Gasteiger partial charge in [0.25, 0.3) is 0 Å². The second kappa shape index (κ2) is 24.4. The summed E-state index contributed by atoms with van der Waals surface area (Å²) in [6.45, 7) is 16.4. The summed E-state index contributed by atoms with van der Waals surface area (Å²) < 4.78 is 13.0. The van der Waals surface area contributed by atoms with Gasteiger partial charge < -0.3 is 9.47 Å². The molecule has 0 radical (unpaired) electrons. The molecule has 5 aliphatic rings. The zero-order chi connectivity index (χ0) is 38.1. The first-order valence-corrected chi connectivity index (χ1v) is 25.0. The van der Waals surface area contributed by atoms with Gasteiger partial charge in [0.05, 0.1) is 12.2 Å². The molecule has 0 aromatic carbocycles. The van der Waals surface area contributed by atoms with Gasteiger partial charge in [-0.15, -0.1) is 0 Å². The Labute approximate surface area is 337 Å². The molecule has 6 atom stereocenters. The molecule has 0 spiro atoms. The first-order valence-electron chi connectivity index (χ1n) is 25.0. The largest absolute Gasteiger partial charge is 0.378 e. The smallest absolute Gasteiger partial charge is 0.0575 e. The van der Waals surface area contributed by atoms with Gasteiger partial charge in [0.2, 0.25) is 0 Å². The van der Waals surface area contributed by atoms with E-state index in [-0.39, 0.29) is 0 Å². The van der Waals surface area contributed by atoms with Crippen LogP contribution in [-0.4, -0.2) is 25.4 Å². The van der Waals surface area contributed by atoms with Crippen LogP contribution in [0.1, 0.15) is 208 Å². The molecule has 5 aliphatic carbocycles. The van der Waals surface area contributed by atoms with Crippen LogP contribution in [0.5, 0.6) is 0 Å². The summed E-state index contributed by atoms with van der Waals surface area (Å²) in [4.78, 5) is 0. The van der Waals surface area contributed by atoms with Crippen LogP contribution >= 0.6 is 0 Å². The van der Waals surface area contributed by atoms with E-state index in [4.69, 9.17) is 9.47 Å². The third kappa shape index (κ3) is 14.3. The van der Waals surface area contributed by atoms with Crippen molar-refractivity contribution >= 4 is 0 Å². The van der Waals surface area contributed by atoms with Gasteiger partial charge in [-0.05, 0) is 187 Å². The lowest BCUT2D eigenvalue weighted by molar-refractivity contribution is 0.00000465. The zero-order valence-electron chi connectivity index (χ0n) is 37.0. The van der Waals surface area contributed by atoms with Gasteiger partial charge in [0.1, 0.15) is 0 Å². The molecule has 2 nitrogen and oxygen atoms in total. The number of hydrogen-bond donors (Lipinski definition) is 0. The van der Waals surface area contributed by atoms with Gasteiger partial charge in [-0.25, -0.2) is 0 Å². The highest BCUT2D eigenvalue weighted by atomic mass is 16.5. The van der Waals surface area contributed by atoms with Crippen LogP contribution in [0.25, 0.3) is 0 Å². The molecule has 0 heterocycles. The number of ether oxygens (including phenoxy) is 2. The lowest BCUT2D eigenvalue weighted by Crippen LogP contribution is -2.36. The van der Waals surface area contributed by atoms with Crippen LogP contribution in [0.3, 0.4) is 0 Å². The van der Waals surface area contributed by atoms with Crippen molar-refractivity contribution in [1.82, 2.24) is 0 Å². The lowest BCUT2D eigenvalue weighted by Gasteiger charge is -2.45. The number of hydrogen-bond acceptors (Lipinski definition) is 2. The normalized spacial score (nSPS) is 38.2. The third-order valence-electron chi connectivity index (χ3n) is 16.5. The standard InChI is InChI=1S/C52H92O2/c1-7-11-13-41(9-3)37-53-50-31-19-43(20-32-50)17-25-48-36-52(47-29-27-46(28-30-47)45-23-15-39(5)16-24-45)49(35-40(48)6)26-18-44-21-33-51(34-22-44)54-38-42(10-4)14-12-8-2/h17-18,25-26,39-52H,7-16,19-24,27-38H2,1-6H3/b25-17?,26-18+. The molecule has 0 aromatic heterocycles. The Hall–Kier alpha value is -0.600. The molecule has 5 fully saturated rings. The zero-order valence-corrected chi connectivity index (χ0v) is 37.0. The molecule has 6 unspecified atom stereocenters. The molecule has 5 saturated carbocycles. The van der Waals surface area contributed by atoms with E-state index in [0.717, 1.165) is 84.2 Å². The summed E-state index contributed by atoms with van der Waals surface area (Å²) in [5.41, 5.74) is 0. The van der Waals surface area contributed by atoms with Crippen molar-refractivity contribution in [2.75, 3.05) is 13.2 Å². The summed E-state index contributed by atoms with van der Waals surface area (Å²) in [6, 6.07) is 0. The maximum absolute atomic E-state index is 6.53. The minimum Gasteiger partial charge on any atom is -0.378 e. The van der Waals surface area contributed by atoms with Gasteiger partial charge in [-0.3, -0.25) is 0 Å². The minimum atomic E-state index is 0.509. The molecular formula is C52H92O2. The van der Waals surface area contributed by atoms with Crippen molar-refractivity contribution in [2.24, 2.45) is 71.0 Å². The average molecular weight is 749 g/mol. The highest BCUT2D eigenvalue weighted by molar-refractivity contribution is 5.06. The molecule has 0 amide bonds. The monoisotopic (exact) mass is 749 g/mol. The van der Waals surface area contributed by atoms with Crippen LogP contribution < -0.4 is 0 Å². The highest BCUT2D eigenvalue weighted by Crippen LogP contribution is 2.50. The predicted octanol–water partition coefficient (Wildman–Crippen LogP) is 15.6. The number of unbranched alkanes of at least 4 members (excludes halogenated alkanes) is 2. The minimum absolute atomic E-state index is 0.509. The maximum Gasteiger partial charge on any atom is 0.0575 e. The maximum atomic E-state index is 6.53. The fraction of sp³-hybridized carbons (Fsp3) is 0.923. The average Bonchev–Trinajstić information content (AvgIpc) is 3.21. The fourth-order valence-corrected chi connectivity index (χ4v) is 12.2. The summed E-state index contributed by atoms with van der Waals surface area (Å²) in [5.74, 6) is 10.3. The van der Waals surface area contributed by atoms with Gasteiger partial charge in [0.15, 0.2) is 0 Å². The van der Waals surface area contributed by atoms with Crippen LogP contribution in [-0.2, 0) is 9.47 Å². The van der Waals surface area contributed by atoms with E-state index in [9.17, 15) is 0 Å². The Morgan fingerprint density at radius 2 is 0.926 bits per heavy atom. The van der Waals surface area contributed by atoms with Crippen LogP contribution in [0, 0.1) is 71.0 Å². The second-order valence-electron chi connectivity index (χ2n) is 20.5. The van der Waals surface area contributed by atoms with Crippen LogP contribution in [0.4, 0.5) is 0 Å². The second-order valence-corrected chi connectivity index (χ2v) is 20.5. The molecule has 5 rings (SSSR count). The van der Waals surface area contributed by atoms with Gasteiger partial charge in [-0.1, -0.05) is 117 Å². The van der Waals surface area contributed by atoms with Gasteiger partial charge in [-0.2, -0.15) is 0 Å². The van der Waals surface area contributed by atoms with E-state index in [0.29, 0.717) is 12.2 Å². The van der Waals surface area contributed by atoms with Crippen molar-refractivity contribution in [2.45, 2.75) is 221 Å². The van der Waals surface area contributed by atoms with E-state index >= 15 is 0 Å². The number of rotatable bonds is 20. The summed E-state index contributed by atoms with van der Waals surface area (Å²) in [7, 11) is 0. The Balaban J connectivity index is 1.13. The summed E-state index contributed by atoms with van der Waals surface area (Å²) in [6.07, 6.45) is 47.9. The van der Waals surface area contributed by atoms with E-state index < -0.39 is 0 Å². The molecular weight excluding hydrogens is 657 g/mol. The van der Waals surface area contributed by atoms with Crippen molar-refractivity contribution < 1.29 is 9.47 Å². The molecule has 2 heteroatoms. The van der Waals surface area contributed by atoms with E-state index in [1.807, 2.05) is 0 Å². The fourth-order valence-electron chi connectivity index (χ4n) is 12.2. The lowest BCUT2D eigenvalue weighted by atomic mass is 9.60. The Kier molecular flexibility index (Phi) is 20.1. The molecule has 0 bridgehead atoms. The number of allylic oxidation sites excluding steroid dienone is 4. The van der Waals surface area contributed by atoms with Crippen molar-refractivity contribution in [3.05, 3.63) is 24.3 Å². The molecule has 0 saturated heterocycles. The highest BCUT2D eigenvalue weighted by Gasteiger charge is 2.40. The van der Waals surface area contributed by atoms with Crippen LogP contribution in [0.15, 0.2) is 24.3 Å². The quantitative estimate of drug-likeness (QED) is 0.115. The van der Waals surface area contributed by atoms with E-state index in [1.54, 1.807) is 0 Å². The van der Waals surface area contributed by atoms with Gasteiger partial charge >= 0.3 is 0 Å². The Morgan fingerprint density at radius 1 is 0.481 bits per heavy atom. The molecule has 312 valence electrons. The molecule has 54 heavy (non-hydrogen) atoms. The first-order chi connectivity index (χ1) is 26.4. The SMILES string of the molecule is CCCCC(CC)COC1CCC(C=CC2CC(C3CCC(C4CCC(C)CC4)CC3)C(/C=C/C3CCC(OCC(CC)CCCC)CC3)CC2C)CC1. The van der Waals surface area contributed by atoms with Crippen molar-refractivity contribution in [3.63, 3.8) is 0 Å². The molecule has 0 aliphatic heterocycles. The summed E-state index contributed by atoms with van der Waals surface area (Å²) >= 11 is 0. The Morgan fingerprint density at radius 3 is 1.39 bits per heavy atom. The van der Waals surface area contributed by atoms with Crippen molar-refractivity contribution in [3.8, 4) is 0 Å².